The van der Waals surface area contributed by atoms with Crippen molar-refractivity contribution in [2.75, 3.05) is 6.54 Å². The van der Waals surface area contributed by atoms with Crippen LogP contribution in [0.15, 0.2) is 40.8 Å². The lowest BCUT2D eigenvalue weighted by molar-refractivity contribution is 0.0893. The van der Waals surface area contributed by atoms with Crippen molar-refractivity contribution >= 4 is 40.1 Å². The number of rotatable bonds is 2. The molecule has 4 rings (SSSR count). The Balaban J connectivity index is 0.00000182. The molecule has 1 amide bonds. The summed E-state index contributed by atoms with van der Waals surface area (Å²) in [5.74, 6) is 0.312. The number of carbonyl (C=O) groups excluding carboxylic acids is 1. The molecule has 1 aliphatic rings. The van der Waals surface area contributed by atoms with Crippen molar-refractivity contribution in [1.82, 2.24) is 10.6 Å². The van der Waals surface area contributed by atoms with Gasteiger partial charge in [0.1, 0.15) is 5.58 Å². The van der Waals surface area contributed by atoms with Crippen LogP contribution in [0, 0.1) is 6.92 Å². The summed E-state index contributed by atoms with van der Waals surface area (Å²) in [5.41, 5.74) is 1.70. The third-order valence-electron chi connectivity index (χ3n) is 5.11. The third kappa shape index (κ3) is 3.12. The van der Waals surface area contributed by atoms with Gasteiger partial charge in [0.05, 0.1) is 0 Å². The molecule has 2 aromatic carbocycles. The lowest BCUT2D eigenvalue weighted by atomic mass is 9.99. The first kappa shape index (κ1) is 17.8. The number of halogens is 1. The number of piperidine rings is 1. The predicted octanol–water partition coefficient (Wildman–Crippen LogP) is 4.19. The van der Waals surface area contributed by atoms with E-state index in [0.717, 1.165) is 46.7 Å². The van der Waals surface area contributed by atoms with Crippen LogP contribution in [0.2, 0.25) is 0 Å². The van der Waals surface area contributed by atoms with E-state index in [1.165, 1.54) is 0 Å². The smallest absolute Gasteiger partial charge is 0.287 e. The summed E-state index contributed by atoms with van der Waals surface area (Å²) < 4.78 is 6.02. The second-order valence-corrected chi connectivity index (χ2v) is 6.68. The van der Waals surface area contributed by atoms with E-state index in [1.54, 1.807) is 0 Å². The van der Waals surface area contributed by atoms with Gasteiger partial charge in [-0.2, -0.15) is 0 Å². The van der Waals surface area contributed by atoms with Gasteiger partial charge < -0.3 is 15.1 Å². The predicted molar refractivity (Wildman–Crippen MR) is 104 cm³/mol. The molecule has 1 aliphatic heterocycles. The zero-order valence-corrected chi connectivity index (χ0v) is 15.3. The average molecular weight is 359 g/mol. The molecular formula is C20H23ClN2O2. The van der Waals surface area contributed by atoms with Crippen LogP contribution >= 0.6 is 12.4 Å². The minimum atomic E-state index is -0.117. The number of amides is 1. The minimum absolute atomic E-state index is 0. The summed E-state index contributed by atoms with van der Waals surface area (Å²) in [4.78, 5) is 12.8. The van der Waals surface area contributed by atoms with Gasteiger partial charge in [-0.3, -0.25) is 4.79 Å². The van der Waals surface area contributed by atoms with Crippen LogP contribution in [0.5, 0.6) is 0 Å². The summed E-state index contributed by atoms with van der Waals surface area (Å²) in [6, 6.07) is 12.7. The van der Waals surface area contributed by atoms with Gasteiger partial charge in [-0.1, -0.05) is 36.4 Å². The summed E-state index contributed by atoms with van der Waals surface area (Å²) in [5, 5.41) is 9.72. The average Bonchev–Trinajstić information content (AvgIpc) is 2.94. The molecule has 3 aromatic rings. The molecule has 132 valence electrons. The van der Waals surface area contributed by atoms with Gasteiger partial charge in [0, 0.05) is 28.4 Å². The standard InChI is InChI=1S/C20H22N2O2.ClH/c1-12-15-10-9-14-6-3-4-7-16(14)19(15)24-18(12)20(23)22-17-8-5-11-21-13(17)2;/h3-4,6-7,9-10,13,17,21H,5,8,11H2,1-2H3,(H,22,23);1H. The molecule has 2 atom stereocenters. The fraction of sp³-hybridized carbons (Fsp3) is 0.350. The molecule has 0 bridgehead atoms. The molecular weight excluding hydrogens is 336 g/mol. The molecule has 5 heteroatoms. The molecule has 1 saturated heterocycles. The van der Waals surface area contributed by atoms with E-state index in [0.29, 0.717) is 5.76 Å². The summed E-state index contributed by atoms with van der Waals surface area (Å²) in [6.07, 6.45) is 2.08. The molecule has 1 fully saturated rings. The number of nitrogens with one attached hydrogen (secondary N) is 2. The van der Waals surface area contributed by atoms with Crippen LogP contribution in [0.4, 0.5) is 0 Å². The van der Waals surface area contributed by atoms with Crippen molar-refractivity contribution < 1.29 is 9.21 Å². The second kappa shape index (κ2) is 7.06. The Morgan fingerprint density at radius 2 is 2.00 bits per heavy atom. The SMILES string of the molecule is Cc1c(C(=O)NC2CCCNC2C)oc2c1ccc1ccccc12.Cl. The number of carbonyl (C=O) groups is 1. The lowest BCUT2D eigenvalue weighted by Gasteiger charge is -2.30. The molecule has 2 N–H and O–H groups in total. The summed E-state index contributed by atoms with van der Waals surface area (Å²) in [7, 11) is 0. The zero-order valence-electron chi connectivity index (χ0n) is 14.5. The number of furan rings is 1. The van der Waals surface area contributed by atoms with Gasteiger partial charge >= 0.3 is 0 Å². The lowest BCUT2D eigenvalue weighted by Crippen LogP contribution is -2.51. The molecule has 1 aromatic heterocycles. The Labute approximate surface area is 153 Å². The number of fused-ring (bicyclic) bond motifs is 3. The number of hydrogen-bond donors (Lipinski definition) is 2. The first-order valence-electron chi connectivity index (χ1n) is 8.60. The van der Waals surface area contributed by atoms with Crippen LogP contribution in [-0.4, -0.2) is 24.5 Å². The van der Waals surface area contributed by atoms with Gasteiger partial charge in [0.25, 0.3) is 5.91 Å². The van der Waals surface area contributed by atoms with E-state index in [-0.39, 0.29) is 30.4 Å². The van der Waals surface area contributed by atoms with E-state index in [1.807, 2.05) is 31.2 Å². The van der Waals surface area contributed by atoms with E-state index in [4.69, 9.17) is 4.42 Å². The molecule has 0 spiro atoms. The van der Waals surface area contributed by atoms with E-state index >= 15 is 0 Å². The van der Waals surface area contributed by atoms with Crippen molar-refractivity contribution in [3.63, 3.8) is 0 Å². The first-order chi connectivity index (χ1) is 11.6. The summed E-state index contributed by atoms with van der Waals surface area (Å²) >= 11 is 0. The highest BCUT2D eigenvalue weighted by molar-refractivity contribution is 6.08. The van der Waals surface area contributed by atoms with Crippen molar-refractivity contribution in [1.29, 1.82) is 0 Å². The van der Waals surface area contributed by atoms with E-state index in [9.17, 15) is 4.79 Å². The van der Waals surface area contributed by atoms with Gasteiger partial charge in [-0.05, 0) is 38.6 Å². The maximum Gasteiger partial charge on any atom is 0.287 e. The first-order valence-corrected chi connectivity index (χ1v) is 8.60. The Hall–Kier alpha value is -2.04. The van der Waals surface area contributed by atoms with Crippen molar-refractivity contribution in [2.45, 2.75) is 38.8 Å². The Kier molecular flexibility index (Phi) is 5.02. The monoisotopic (exact) mass is 358 g/mol. The molecule has 2 heterocycles. The quantitative estimate of drug-likeness (QED) is 0.722. The van der Waals surface area contributed by atoms with Gasteiger partial charge in [0.2, 0.25) is 0 Å². The van der Waals surface area contributed by atoms with E-state index in [2.05, 4.69) is 29.7 Å². The zero-order chi connectivity index (χ0) is 16.7. The largest absolute Gasteiger partial charge is 0.450 e. The molecule has 0 saturated carbocycles. The molecule has 0 aliphatic carbocycles. The minimum Gasteiger partial charge on any atom is -0.450 e. The number of aryl methyl sites for hydroxylation is 1. The van der Waals surface area contributed by atoms with Crippen LogP contribution in [0.25, 0.3) is 21.7 Å². The maximum atomic E-state index is 12.8. The van der Waals surface area contributed by atoms with Crippen LogP contribution in [-0.2, 0) is 0 Å². The fourth-order valence-corrected chi connectivity index (χ4v) is 3.64. The third-order valence-corrected chi connectivity index (χ3v) is 5.11. The van der Waals surface area contributed by atoms with Crippen LogP contribution in [0.3, 0.4) is 0 Å². The molecule has 4 nitrogen and oxygen atoms in total. The second-order valence-electron chi connectivity index (χ2n) is 6.68. The highest BCUT2D eigenvalue weighted by atomic mass is 35.5. The maximum absolute atomic E-state index is 12.8. The Bertz CT molecular complexity index is 919. The van der Waals surface area contributed by atoms with Crippen molar-refractivity contribution in [3.05, 3.63) is 47.7 Å². The topological polar surface area (TPSA) is 54.3 Å². The van der Waals surface area contributed by atoms with Gasteiger partial charge in [-0.25, -0.2) is 0 Å². The van der Waals surface area contributed by atoms with Crippen molar-refractivity contribution in [3.8, 4) is 0 Å². The number of hydrogen-bond acceptors (Lipinski definition) is 3. The van der Waals surface area contributed by atoms with Crippen LogP contribution in [0.1, 0.15) is 35.9 Å². The Morgan fingerprint density at radius 3 is 2.80 bits per heavy atom. The fourth-order valence-electron chi connectivity index (χ4n) is 3.64. The van der Waals surface area contributed by atoms with Crippen LogP contribution < -0.4 is 10.6 Å². The highest BCUT2D eigenvalue weighted by Crippen LogP contribution is 2.31. The normalized spacial score (nSPS) is 20.4. The van der Waals surface area contributed by atoms with Gasteiger partial charge in [-0.15, -0.1) is 12.4 Å². The van der Waals surface area contributed by atoms with Crippen molar-refractivity contribution in [2.24, 2.45) is 0 Å². The molecule has 0 radical (unpaired) electrons. The van der Waals surface area contributed by atoms with E-state index < -0.39 is 0 Å². The van der Waals surface area contributed by atoms with Gasteiger partial charge in [0.15, 0.2) is 5.76 Å². The Morgan fingerprint density at radius 1 is 1.20 bits per heavy atom. The number of benzene rings is 2. The summed E-state index contributed by atoms with van der Waals surface area (Å²) in [6.45, 7) is 5.09. The molecule has 25 heavy (non-hydrogen) atoms. The molecule has 2 unspecified atom stereocenters. The highest BCUT2D eigenvalue weighted by Gasteiger charge is 2.26.